The number of furan rings is 1. The first-order chi connectivity index (χ1) is 5.18. The minimum Gasteiger partial charge on any atom is -0.466 e. The van der Waals surface area contributed by atoms with Gasteiger partial charge >= 0.3 is 0 Å². The van der Waals surface area contributed by atoms with Crippen LogP contribution in [0, 0.1) is 6.92 Å². The molecule has 62 valence electrons. The van der Waals surface area contributed by atoms with Gasteiger partial charge in [-0.2, -0.15) is 0 Å². The number of hydrogen-bond donors (Lipinski definition) is 0. The van der Waals surface area contributed by atoms with Crippen LogP contribution in [0.3, 0.4) is 0 Å². The maximum atomic E-state index is 5.79. The summed E-state index contributed by atoms with van der Waals surface area (Å²) >= 11 is 5.79. The molecule has 0 aliphatic rings. The van der Waals surface area contributed by atoms with Gasteiger partial charge in [0.15, 0.2) is 0 Å². The van der Waals surface area contributed by atoms with E-state index in [1.165, 1.54) is 0 Å². The van der Waals surface area contributed by atoms with Crippen molar-refractivity contribution in [2.24, 2.45) is 0 Å². The Kier molecular flexibility index (Phi) is 3.01. The molecule has 1 rings (SSSR count). The van der Waals surface area contributed by atoms with Gasteiger partial charge in [-0.1, -0.05) is 0 Å². The van der Waals surface area contributed by atoms with Gasteiger partial charge in [0.25, 0.3) is 0 Å². The van der Waals surface area contributed by atoms with Gasteiger partial charge in [0.05, 0.1) is 0 Å². The highest BCUT2D eigenvalue weighted by Gasteiger charge is 2.00. The maximum Gasteiger partial charge on any atom is 0.104 e. The fourth-order valence-electron chi connectivity index (χ4n) is 0.961. The van der Waals surface area contributed by atoms with E-state index in [1.54, 1.807) is 0 Å². The van der Waals surface area contributed by atoms with Crippen LogP contribution in [0.15, 0.2) is 16.5 Å². The molecule has 0 spiro atoms. The Balaban J connectivity index is 2.39. The summed E-state index contributed by atoms with van der Waals surface area (Å²) < 4.78 is 5.38. The Hall–Kier alpha value is -0.430. The molecule has 1 unspecified atom stereocenters. The van der Waals surface area contributed by atoms with Gasteiger partial charge in [-0.05, 0) is 32.4 Å². The molecule has 0 aliphatic carbocycles. The first-order valence-electron chi connectivity index (χ1n) is 3.88. The van der Waals surface area contributed by atoms with E-state index in [4.69, 9.17) is 16.0 Å². The lowest BCUT2D eigenvalue weighted by atomic mass is 10.2. The lowest BCUT2D eigenvalue weighted by molar-refractivity contribution is 0.476. The Morgan fingerprint density at radius 2 is 2.27 bits per heavy atom. The summed E-state index contributed by atoms with van der Waals surface area (Å²) in [4.78, 5) is 0. The maximum absolute atomic E-state index is 5.79. The summed E-state index contributed by atoms with van der Waals surface area (Å²) in [5.41, 5.74) is 0. The number of halogens is 1. The van der Waals surface area contributed by atoms with Crippen molar-refractivity contribution in [3.8, 4) is 0 Å². The van der Waals surface area contributed by atoms with E-state index in [0.717, 1.165) is 24.4 Å². The molecule has 0 bridgehead atoms. The third-order valence-electron chi connectivity index (χ3n) is 1.58. The van der Waals surface area contributed by atoms with Gasteiger partial charge < -0.3 is 4.42 Å². The number of hydrogen-bond acceptors (Lipinski definition) is 1. The largest absolute Gasteiger partial charge is 0.466 e. The second-order valence-electron chi connectivity index (χ2n) is 2.83. The molecule has 0 saturated heterocycles. The lowest BCUT2D eigenvalue weighted by Crippen LogP contribution is -1.92. The van der Waals surface area contributed by atoms with Crippen molar-refractivity contribution in [1.82, 2.24) is 0 Å². The van der Waals surface area contributed by atoms with Gasteiger partial charge in [-0.15, -0.1) is 11.6 Å². The van der Waals surface area contributed by atoms with Crippen molar-refractivity contribution in [2.75, 3.05) is 0 Å². The molecule has 0 aliphatic heterocycles. The molecule has 11 heavy (non-hydrogen) atoms. The van der Waals surface area contributed by atoms with E-state index in [0.29, 0.717) is 0 Å². The summed E-state index contributed by atoms with van der Waals surface area (Å²) in [6.45, 7) is 3.95. The predicted molar refractivity (Wildman–Crippen MR) is 47.1 cm³/mol. The number of aryl methyl sites for hydroxylation is 2. The molecular weight excluding hydrogens is 160 g/mol. The van der Waals surface area contributed by atoms with Crippen LogP contribution < -0.4 is 0 Å². The van der Waals surface area contributed by atoms with Crippen LogP contribution in [0.2, 0.25) is 0 Å². The number of rotatable bonds is 3. The van der Waals surface area contributed by atoms with Crippen molar-refractivity contribution in [3.05, 3.63) is 23.7 Å². The molecular formula is C9H13ClO. The van der Waals surface area contributed by atoms with E-state index in [1.807, 2.05) is 26.0 Å². The number of alkyl halides is 1. The second-order valence-corrected chi connectivity index (χ2v) is 3.58. The van der Waals surface area contributed by atoms with E-state index in [9.17, 15) is 0 Å². The van der Waals surface area contributed by atoms with Crippen molar-refractivity contribution in [2.45, 2.75) is 32.1 Å². The normalized spacial score (nSPS) is 13.4. The molecule has 0 amide bonds. The van der Waals surface area contributed by atoms with Crippen molar-refractivity contribution in [3.63, 3.8) is 0 Å². The molecule has 1 aromatic rings. The predicted octanol–water partition coefficient (Wildman–Crippen LogP) is 3.15. The van der Waals surface area contributed by atoms with Gasteiger partial charge in [-0.3, -0.25) is 0 Å². The first kappa shape index (κ1) is 8.66. The van der Waals surface area contributed by atoms with Gasteiger partial charge in [0.2, 0.25) is 0 Å². The van der Waals surface area contributed by atoms with Crippen LogP contribution in [-0.4, -0.2) is 5.38 Å². The summed E-state index contributed by atoms with van der Waals surface area (Å²) in [6.07, 6.45) is 1.92. The molecule has 0 aromatic carbocycles. The highest BCUT2D eigenvalue weighted by atomic mass is 35.5. The minimum atomic E-state index is 0.236. The van der Waals surface area contributed by atoms with Crippen LogP contribution in [0.4, 0.5) is 0 Å². The molecule has 0 radical (unpaired) electrons. The summed E-state index contributed by atoms with van der Waals surface area (Å²) in [5, 5.41) is 0.236. The summed E-state index contributed by atoms with van der Waals surface area (Å²) in [7, 11) is 0. The topological polar surface area (TPSA) is 13.1 Å². The Morgan fingerprint density at radius 3 is 2.73 bits per heavy atom. The fraction of sp³-hybridized carbons (Fsp3) is 0.556. The van der Waals surface area contributed by atoms with E-state index >= 15 is 0 Å². The van der Waals surface area contributed by atoms with Crippen LogP contribution in [0.5, 0.6) is 0 Å². The summed E-state index contributed by atoms with van der Waals surface area (Å²) in [6, 6.07) is 3.99. The Morgan fingerprint density at radius 1 is 1.55 bits per heavy atom. The second kappa shape index (κ2) is 3.82. The molecule has 0 N–H and O–H groups in total. The average Bonchev–Trinajstić information content (AvgIpc) is 2.31. The van der Waals surface area contributed by atoms with Crippen molar-refractivity contribution in [1.29, 1.82) is 0 Å². The third kappa shape index (κ3) is 2.98. The van der Waals surface area contributed by atoms with Crippen molar-refractivity contribution < 1.29 is 4.42 Å². The van der Waals surface area contributed by atoms with E-state index < -0.39 is 0 Å². The zero-order valence-corrected chi connectivity index (χ0v) is 7.69. The Labute approximate surface area is 72.4 Å². The highest BCUT2D eigenvalue weighted by Crippen LogP contribution is 2.11. The molecule has 0 saturated carbocycles. The smallest absolute Gasteiger partial charge is 0.104 e. The van der Waals surface area contributed by atoms with Crippen LogP contribution >= 0.6 is 11.6 Å². The molecule has 1 aromatic heterocycles. The molecule has 1 atom stereocenters. The molecule has 0 fully saturated rings. The Bertz CT molecular complexity index is 215. The van der Waals surface area contributed by atoms with Gasteiger partial charge in [0, 0.05) is 11.8 Å². The first-order valence-corrected chi connectivity index (χ1v) is 4.31. The van der Waals surface area contributed by atoms with Gasteiger partial charge in [-0.25, -0.2) is 0 Å². The van der Waals surface area contributed by atoms with Crippen molar-refractivity contribution >= 4 is 11.6 Å². The van der Waals surface area contributed by atoms with Gasteiger partial charge in [0.1, 0.15) is 11.5 Å². The minimum absolute atomic E-state index is 0.236. The fourth-order valence-corrected chi connectivity index (χ4v) is 1.07. The SMILES string of the molecule is Cc1ccc(CCC(C)Cl)o1. The average molecular weight is 173 g/mol. The lowest BCUT2D eigenvalue weighted by Gasteiger charge is -1.98. The van der Waals surface area contributed by atoms with Crippen LogP contribution in [0.1, 0.15) is 24.9 Å². The third-order valence-corrected chi connectivity index (χ3v) is 1.80. The van der Waals surface area contributed by atoms with E-state index in [2.05, 4.69) is 0 Å². The quantitative estimate of drug-likeness (QED) is 0.639. The van der Waals surface area contributed by atoms with Crippen LogP contribution in [0.25, 0.3) is 0 Å². The standard InChI is InChI=1S/C9H13ClO/c1-7(10)3-5-9-6-4-8(2)11-9/h4,6-7H,3,5H2,1-2H3. The van der Waals surface area contributed by atoms with E-state index in [-0.39, 0.29) is 5.38 Å². The van der Waals surface area contributed by atoms with Crippen LogP contribution in [-0.2, 0) is 6.42 Å². The molecule has 1 heterocycles. The highest BCUT2D eigenvalue weighted by molar-refractivity contribution is 6.20. The molecule has 2 heteroatoms. The zero-order chi connectivity index (χ0) is 8.27. The zero-order valence-electron chi connectivity index (χ0n) is 6.93. The summed E-state index contributed by atoms with van der Waals surface area (Å²) in [5.74, 6) is 2.01. The molecule has 1 nitrogen and oxygen atoms in total. The monoisotopic (exact) mass is 172 g/mol.